The zero-order valence-electron chi connectivity index (χ0n) is 12.5. The molecule has 1 fully saturated rings. The molecule has 1 aromatic carbocycles. The molecular weight excluding hydrogens is 266 g/mol. The largest absolute Gasteiger partial charge is 0.493 e. The molecule has 5 nitrogen and oxygen atoms in total. The molecule has 1 aliphatic rings. The van der Waals surface area contributed by atoms with E-state index in [-0.39, 0.29) is 0 Å². The fourth-order valence-corrected chi connectivity index (χ4v) is 2.31. The summed E-state index contributed by atoms with van der Waals surface area (Å²) in [5.74, 6) is 2.40. The number of hydrogen-bond acceptors (Lipinski definition) is 5. The Hall–Kier alpha value is -1.88. The Balaban J connectivity index is 1.79. The van der Waals surface area contributed by atoms with E-state index in [4.69, 9.17) is 15.0 Å². The molecule has 112 valence electrons. The van der Waals surface area contributed by atoms with Crippen LogP contribution in [0.4, 0.5) is 0 Å². The van der Waals surface area contributed by atoms with Gasteiger partial charge in [-0.2, -0.15) is 4.98 Å². The average molecular weight is 287 g/mol. The van der Waals surface area contributed by atoms with Crippen molar-refractivity contribution in [3.05, 3.63) is 30.1 Å². The number of nitrogens with zero attached hydrogens (tertiary/aromatic N) is 2. The van der Waals surface area contributed by atoms with Gasteiger partial charge in [-0.25, -0.2) is 0 Å². The lowest BCUT2D eigenvalue weighted by molar-refractivity contribution is 0.229. The lowest BCUT2D eigenvalue weighted by Gasteiger charge is -2.34. The van der Waals surface area contributed by atoms with Crippen LogP contribution < -0.4 is 10.5 Å². The maximum atomic E-state index is 6.22. The summed E-state index contributed by atoms with van der Waals surface area (Å²) in [5.41, 5.74) is 6.68. The second-order valence-corrected chi connectivity index (χ2v) is 6.17. The molecule has 0 radical (unpaired) electrons. The third kappa shape index (κ3) is 2.93. The van der Waals surface area contributed by atoms with Gasteiger partial charge in [0, 0.05) is 5.56 Å². The molecule has 0 unspecified atom stereocenters. The van der Waals surface area contributed by atoms with E-state index >= 15 is 0 Å². The first-order chi connectivity index (χ1) is 10.1. The number of benzene rings is 1. The SMILES string of the molecule is CC(C)COc1cccc(-c2nc(C3(N)CCC3)no2)c1. The van der Waals surface area contributed by atoms with E-state index in [9.17, 15) is 0 Å². The number of hydrogen-bond donors (Lipinski definition) is 1. The van der Waals surface area contributed by atoms with Gasteiger partial charge in [0.2, 0.25) is 0 Å². The lowest BCUT2D eigenvalue weighted by Crippen LogP contribution is -2.44. The minimum atomic E-state index is -0.395. The second kappa shape index (κ2) is 5.48. The molecule has 0 aliphatic heterocycles. The van der Waals surface area contributed by atoms with E-state index < -0.39 is 5.54 Å². The van der Waals surface area contributed by atoms with Gasteiger partial charge in [0.05, 0.1) is 12.1 Å². The summed E-state index contributed by atoms with van der Waals surface area (Å²) in [7, 11) is 0. The highest BCUT2D eigenvalue weighted by atomic mass is 16.5. The monoisotopic (exact) mass is 287 g/mol. The van der Waals surface area contributed by atoms with Crippen LogP contribution in [0.1, 0.15) is 38.9 Å². The smallest absolute Gasteiger partial charge is 0.258 e. The van der Waals surface area contributed by atoms with Crippen LogP contribution in [-0.2, 0) is 5.54 Å². The van der Waals surface area contributed by atoms with Gasteiger partial charge >= 0.3 is 0 Å². The van der Waals surface area contributed by atoms with E-state index in [1.165, 1.54) is 0 Å². The van der Waals surface area contributed by atoms with E-state index in [0.717, 1.165) is 30.6 Å². The third-order valence-corrected chi connectivity index (χ3v) is 3.78. The van der Waals surface area contributed by atoms with E-state index in [0.29, 0.717) is 24.2 Å². The molecule has 1 saturated carbocycles. The van der Waals surface area contributed by atoms with Gasteiger partial charge in [-0.3, -0.25) is 0 Å². The Morgan fingerprint density at radius 2 is 2.19 bits per heavy atom. The van der Waals surface area contributed by atoms with Crippen LogP contribution in [0, 0.1) is 5.92 Å². The first-order valence-electron chi connectivity index (χ1n) is 7.43. The predicted molar refractivity (Wildman–Crippen MR) is 79.8 cm³/mol. The van der Waals surface area contributed by atoms with Crippen molar-refractivity contribution in [2.75, 3.05) is 6.61 Å². The summed E-state index contributed by atoms with van der Waals surface area (Å²) in [5, 5.41) is 4.04. The highest BCUT2D eigenvalue weighted by Crippen LogP contribution is 2.37. The number of aromatic nitrogens is 2. The molecule has 0 bridgehead atoms. The van der Waals surface area contributed by atoms with E-state index in [1.807, 2.05) is 24.3 Å². The van der Waals surface area contributed by atoms with E-state index in [2.05, 4.69) is 24.0 Å². The third-order valence-electron chi connectivity index (χ3n) is 3.78. The van der Waals surface area contributed by atoms with Crippen molar-refractivity contribution < 1.29 is 9.26 Å². The van der Waals surface area contributed by atoms with Crippen LogP contribution in [0.15, 0.2) is 28.8 Å². The molecule has 2 N–H and O–H groups in total. The molecule has 3 rings (SSSR count). The summed E-state index contributed by atoms with van der Waals surface area (Å²) < 4.78 is 11.1. The van der Waals surface area contributed by atoms with Gasteiger partial charge in [0.1, 0.15) is 5.75 Å². The van der Waals surface area contributed by atoms with Crippen LogP contribution in [0.2, 0.25) is 0 Å². The van der Waals surface area contributed by atoms with Crippen LogP contribution in [-0.4, -0.2) is 16.7 Å². The van der Waals surface area contributed by atoms with Crippen molar-refractivity contribution >= 4 is 0 Å². The molecule has 5 heteroatoms. The van der Waals surface area contributed by atoms with Gasteiger partial charge in [-0.05, 0) is 43.4 Å². The van der Waals surface area contributed by atoms with Crippen molar-refractivity contribution in [2.24, 2.45) is 11.7 Å². The maximum absolute atomic E-state index is 6.22. The fraction of sp³-hybridized carbons (Fsp3) is 0.500. The fourth-order valence-electron chi connectivity index (χ4n) is 2.31. The predicted octanol–water partition coefficient (Wildman–Crippen LogP) is 3.11. The lowest BCUT2D eigenvalue weighted by atomic mass is 9.77. The number of ether oxygens (including phenoxy) is 1. The maximum Gasteiger partial charge on any atom is 0.258 e. The van der Waals surface area contributed by atoms with Gasteiger partial charge in [0.15, 0.2) is 5.82 Å². The molecule has 0 atom stereocenters. The van der Waals surface area contributed by atoms with Crippen LogP contribution >= 0.6 is 0 Å². The Labute approximate surface area is 124 Å². The molecule has 21 heavy (non-hydrogen) atoms. The molecule has 1 aliphatic carbocycles. The average Bonchev–Trinajstić information content (AvgIpc) is 2.93. The topological polar surface area (TPSA) is 74.2 Å². The van der Waals surface area contributed by atoms with E-state index in [1.54, 1.807) is 0 Å². The number of rotatable bonds is 5. The Kier molecular flexibility index (Phi) is 3.68. The normalized spacial score (nSPS) is 16.8. The van der Waals surface area contributed by atoms with Gasteiger partial charge in [-0.15, -0.1) is 0 Å². The molecule has 0 spiro atoms. The molecule has 1 aromatic heterocycles. The molecule has 0 saturated heterocycles. The Morgan fingerprint density at radius 3 is 2.86 bits per heavy atom. The summed E-state index contributed by atoms with van der Waals surface area (Å²) in [6.45, 7) is 4.92. The summed E-state index contributed by atoms with van der Waals surface area (Å²) >= 11 is 0. The zero-order valence-corrected chi connectivity index (χ0v) is 12.5. The highest BCUT2D eigenvalue weighted by Gasteiger charge is 2.39. The number of nitrogens with two attached hydrogens (primary N) is 1. The quantitative estimate of drug-likeness (QED) is 0.914. The van der Waals surface area contributed by atoms with Crippen molar-refractivity contribution in [2.45, 2.75) is 38.6 Å². The summed E-state index contributed by atoms with van der Waals surface area (Å²) in [6.07, 6.45) is 2.96. The Morgan fingerprint density at radius 1 is 1.38 bits per heavy atom. The highest BCUT2D eigenvalue weighted by molar-refractivity contribution is 5.55. The zero-order chi connectivity index (χ0) is 14.9. The minimum Gasteiger partial charge on any atom is -0.493 e. The molecular formula is C16H21N3O2. The van der Waals surface area contributed by atoms with Crippen LogP contribution in [0.3, 0.4) is 0 Å². The second-order valence-electron chi connectivity index (χ2n) is 6.17. The molecule has 2 aromatic rings. The first-order valence-corrected chi connectivity index (χ1v) is 7.43. The Bertz CT molecular complexity index is 617. The van der Waals surface area contributed by atoms with Gasteiger partial charge in [0.25, 0.3) is 5.89 Å². The van der Waals surface area contributed by atoms with Crippen molar-refractivity contribution in [1.82, 2.24) is 10.1 Å². The van der Waals surface area contributed by atoms with Crippen molar-refractivity contribution in [3.8, 4) is 17.2 Å². The summed E-state index contributed by atoms with van der Waals surface area (Å²) in [4.78, 5) is 4.45. The minimum absolute atomic E-state index is 0.395. The van der Waals surface area contributed by atoms with Crippen molar-refractivity contribution in [3.63, 3.8) is 0 Å². The van der Waals surface area contributed by atoms with Crippen molar-refractivity contribution in [1.29, 1.82) is 0 Å². The van der Waals surface area contributed by atoms with Crippen LogP contribution in [0.25, 0.3) is 11.5 Å². The molecule has 0 amide bonds. The standard InChI is InChI=1S/C16H21N3O2/c1-11(2)10-20-13-6-3-5-12(9-13)14-18-15(19-21-14)16(17)7-4-8-16/h3,5-6,9,11H,4,7-8,10,17H2,1-2H3. The van der Waals surface area contributed by atoms with Gasteiger partial charge in [-0.1, -0.05) is 25.1 Å². The summed E-state index contributed by atoms with van der Waals surface area (Å²) in [6, 6.07) is 7.71. The van der Waals surface area contributed by atoms with Crippen LogP contribution in [0.5, 0.6) is 5.75 Å². The first kappa shape index (κ1) is 14.1. The van der Waals surface area contributed by atoms with Gasteiger partial charge < -0.3 is 15.0 Å². The molecule has 1 heterocycles.